The molecule has 0 aromatic carbocycles. The van der Waals surface area contributed by atoms with Crippen molar-refractivity contribution in [3.63, 3.8) is 0 Å². The van der Waals surface area contributed by atoms with Crippen LogP contribution >= 0.6 is 11.6 Å². The van der Waals surface area contributed by atoms with Crippen LogP contribution in [0.1, 0.15) is 6.92 Å². The molecule has 0 aromatic heterocycles. The predicted molar refractivity (Wildman–Crippen MR) is 43.8 cm³/mol. The molecule has 0 spiro atoms. The molecular formula is C7H13ClN2. The molecule has 0 bridgehead atoms. The third kappa shape index (κ3) is 1.81. The highest BCUT2D eigenvalue weighted by atomic mass is 35.5. The summed E-state index contributed by atoms with van der Waals surface area (Å²) in [6, 6.07) is 0. The van der Waals surface area contributed by atoms with Crippen LogP contribution in [-0.2, 0) is 0 Å². The molecule has 2 nitrogen and oxygen atoms in total. The van der Waals surface area contributed by atoms with Crippen molar-refractivity contribution >= 4 is 11.6 Å². The zero-order valence-corrected chi connectivity index (χ0v) is 7.01. The zero-order chi connectivity index (χ0) is 7.40. The molecule has 0 saturated heterocycles. The maximum absolute atomic E-state index is 5.58. The lowest BCUT2D eigenvalue weighted by Gasteiger charge is -2.18. The van der Waals surface area contributed by atoms with Crippen molar-refractivity contribution in [1.29, 1.82) is 0 Å². The highest BCUT2D eigenvalue weighted by molar-refractivity contribution is 6.18. The van der Waals surface area contributed by atoms with Gasteiger partial charge in [0.25, 0.3) is 0 Å². The quantitative estimate of drug-likeness (QED) is 0.575. The Hall–Kier alpha value is -0.370. The molecule has 1 heterocycles. The van der Waals surface area contributed by atoms with Gasteiger partial charge < -0.3 is 9.80 Å². The van der Waals surface area contributed by atoms with Gasteiger partial charge in [-0.25, -0.2) is 0 Å². The lowest BCUT2D eigenvalue weighted by atomic mass is 10.6. The van der Waals surface area contributed by atoms with E-state index in [1.807, 2.05) is 0 Å². The molecule has 3 heteroatoms. The summed E-state index contributed by atoms with van der Waals surface area (Å²) < 4.78 is 0. The van der Waals surface area contributed by atoms with E-state index in [1.54, 1.807) is 0 Å². The monoisotopic (exact) mass is 160 g/mol. The van der Waals surface area contributed by atoms with Gasteiger partial charge in [0, 0.05) is 31.4 Å². The van der Waals surface area contributed by atoms with Crippen molar-refractivity contribution in [1.82, 2.24) is 9.80 Å². The summed E-state index contributed by atoms with van der Waals surface area (Å²) in [5, 5.41) is 0. The van der Waals surface area contributed by atoms with E-state index >= 15 is 0 Å². The molecule has 1 aliphatic heterocycles. The Labute approximate surface area is 67.1 Å². The first-order valence-electron chi connectivity index (χ1n) is 3.59. The van der Waals surface area contributed by atoms with Gasteiger partial charge in [0.05, 0.1) is 6.67 Å². The fourth-order valence-electron chi connectivity index (χ4n) is 0.975. The molecular weight excluding hydrogens is 148 g/mol. The van der Waals surface area contributed by atoms with Crippen molar-refractivity contribution in [2.45, 2.75) is 6.92 Å². The fraction of sp³-hybridized carbons (Fsp3) is 0.714. The summed E-state index contributed by atoms with van der Waals surface area (Å²) >= 11 is 5.58. The Balaban J connectivity index is 2.24. The van der Waals surface area contributed by atoms with Crippen LogP contribution in [-0.4, -0.2) is 35.4 Å². The van der Waals surface area contributed by atoms with Crippen molar-refractivity contribution in [2.24, 2.45) is 0 Å². The molecule has 0 unspecified atom stereocenters. The molecule has 0 radical (unpaired) electrons. The Kier molecular flexibility index (Phi) is 2.87. The maximum atomic E-state index is 5.58. The highest BCUT2D eigenvalue weighted by Crippen LogP contribution is 2.04. The van der Waals surface area contributed by atoms with Gasteiger partial charge in [-0.15, -0.1) is 11.6 Å². The van der Waals surface area contributed by atoms with Gasteiger partial charge in [0.1, 0.15) is 0 Å². The second-order valence-electron chi connectivity index (χ2n) is 2.35. The fourth-order valence-corrected chi connectivity index (χ4v) is 1.19. The smallest absolute Gasteiger partial charge is 0.0894 e. The van der Waals surface area contributed by atoms with Crippen molar-refractivity contribution < 1.29 is 0 Å². The van der Waals surface area contributed by atoms with Gasteiger partial charge >= 0.3 is 0 Å². The average molecular weight is 161 g/mol. The van der Waals surface area contributed by atoms with Crippen LogP contribution in [0.4, 0.5) is 0 Å². The first-order valence-corrected chi connectivity index (χ1v) is 4.12. The predicted octanol–water partition coefficient (Wildman–Crippen LogP) is 1.29. The molecule has 0 atom stereocenters. The highest BCUT2D eigenvalue weighted by Gasteiger charge is 2.07. The van der Waals surface area contributed by atoms with Crippen LogP contribution in [0.2, 0.25) is 0 Å². The van der Waals surface area contributed by atoms with E-state index in [1.165, 1.54) is 0 Å². The second-order valence-corrected chi connectivity index (χ2v) is 2.72. The van der Waals surface area contributed by atoms with E-state index in [-0.39, 0.29) is 0 Å². The summed E-state index contributed by atoms with van der Waals surface area (Å²) in [5.74, 6) is 0.710. The maximum Gasteiger partial charge on any atom is 0.0894 e. The number of hydrogen-bond donors (Lipinski definition) is 0. The number of nitrogens with zero attached hydrogens (tertiary/aromatic N) is 2. The number of rotatable bonds is 3. The normalized spacial score (nSPS) is 17.0. The summed E-state index contributed by atoms with van der Waals surface area (Å²) in [7, 11) is 0. The van der Waals surface area contributed by atoms with E-state index < -0.39 is 0 Å². The summed E-state index contributed by atoms with van der Waals surface area (Å²) in [5.41, 5.74) is 0. The van der Waals surface area contributed by atoms with Crippen LogP contribution in [0.15, 0.2) is 12.4 Å². The van der Waals surface area contributed by atoms with Crippen LogP contribution in [0.3, 0.4) is 0 Å². The molecule has 0 saturated carbocycles. The third-order valence-corrected chi connectivity index (χ3v) is 1.80. The molecule has 0 N–H and O–H groups in total. The average Bonchev–Trinajstić information content (AvgIpc) is 2.37. The lowest BCUT2D eigenvalue weighted by Crippen LogP contribution is -2.26. The minimum absolute atomic E-state index is 0.710. The number of halogens is 1. The molecule has 1 aliphatic rings. The molecule has 58 valence electrons. The van der Waals surface area contributed by atoms with Crippen LogP contribution in [0, 0.1) is 0 Å². The first kappa shape index (κ1) is 7.73. The molecule has 1 rings (SSSR count). The van der Waals surface area contributed by atoms with Crippen molar-refractivity contribution in [3.8, 4) is 0 Å². The minimum Gasteiger partial charge on any atom is -0.359 e. The van der Waals surface area contributed by atoms with Gasteiger partial charge in [-0.1, -0.05) is 0 Å². The standard InChI is InChI=1S/C7H13ClN2/c1-2-9-5-6-10(7-9)4-3-8/h5-6H,2-4,7H2,1H3. The van der Waals surface area contributed by atoms with Gasteiger partial charge in [0.2, 0.25) is 0 Å². The zero-order valence-electron chi connectivity index (χ0n) is 6.26. The second kappa shape index (κ2) is 3.71. The van der Waals surface area contributed by atoms with Gasteiger partial charge in [-0.2, -0.15) is 0 Å². The molecule has 0 aliphatic carbocycles. The lowest BCUT2D eigenvalue weighted by molar-refractivity contribution is 0.283. The van der Waals surface area contributed by atoms with E-state index in [2.05, 4.69) is 29.1 Å². The summed E-state index contributed by atoms with van der Waals surface area (Å²) in [6.07, 6.45) is 4.19. The van der Waals surface area contributed by atoms with Crippen molar-refractivity contribution in [2.75, 3.05) is 25.6 Å². The Morgan fingerprint density at radius 1 is 1.40 bits per heavy atom. The largest absolute Gasteiger partial charge is 0.359 e. The Morgan fingerprint density at radius 3 is 2.60 bits per heavy atom. The van der Waals surface area contributed by atoms with Crippen LogP contribution in [0.5, 0.6) is 0 Å². The van der Waals surface area contributed by atoms with E-state index in [0.29, 0.717) is 5.88 Å². The molecule has 0 aromatic rings. The minimum atomic E-state index is 0.710. The number of alkyl halides is 1. The van der Waals surface area contributed by atoms with Gasteiger partial charge in [-0.3, -0.25) is 0 Å². The first-order chi connectivity index (χ1) is 4.86. The topological polar surface area (TPSA) is 6.48 Å². The Bertz CT molecular complexity index is 125. The molecule has 0 amide bonds. The van der Waals surface area contributed by atoms with Crippen LogP contribution < -0.4 is 0 Å². The molecule has 10 heavy (non-hydrogen) atoms. The SMILES string of the molecule is CCN1C=CN(CCCl)C1. The summed E-state index contributed by atoms with van der Waals surface area (Å²) in [6.45, 7) is 5.18. The van der Waals surface area contributed by atoms with Gasteiger partial charge in [-0.05, 0) is 6.92 Å². The van der Waals surface area contributed by atoms with Crippen molar-refractivity contribution in [3.05, 3.63) is 12.4 Å². The van der Waals surface area contributed by atoms with Gasteiger partial charge in [0.15, 0.2) is 0 Å². The Morgan fingerprint density at radius 2 is 2.10 bits per heavy atom. The third-order valence-electron chi connectivity index (χ3n) is 1.63. The number of hydrogen-bond acceptors (Lipinski definition) is 2. The molecule has 0 fully saturated rings. The van der Waals surface area contributed by atoms with Crippen LogP contribution in [0.25, 0.3) is 0 Å². The van der Waals surface area contributed by atoms with E-state index in [0.717, 1.165) is 19.8 Å². The van der Waals surface area contributed by atoms with E-state index in [9.17, 15) is 0 Å². The summed E-state index contributed by atoms with van der Waals surface area (Å²) in [4.78, 5) is 4.45. The van der Waals surface area contributed by atoms with E-state index in [4.69, 9.17) is 11.6 Å².